The molecule has 0 aliphatic carbocycles. The number of rotatable bonds is 11. The molecule has 2 aromatic carbocycles. The van der Waals surface area contributed by atoms with Gasteiger partial charge in [-0.15, -0.1) is 6.42 Å². The molecular formula is C32H43N3O4. The second kappa shape index (κ2) is 14.4. The zero-order valence-corrected chi connectivity index (χ0v) is 24.3. The van der Waals surface area contributed by atoms with E-state index in [0.717, 1.165) is 5.56 Å². The minimum absolute atomic E-state index is 0.0935. The first-order valence-electron chi connectivity index (χ1n) is 13.6. The molecule has 0 bridgehead atoms. The molecule has 0 radical (unpaired) electrons. The van der Waals surface area contributed by atoms with Crippen molar-refractivity contribution in [3.8, 4) is 12.3 Å². The van der Waals surface area contributed by atoms with Crippen LogP contribution < -0.4 is 10.6 Å². The van der Waals surface area contributed by atoms with Crippen LogP contribution in [0.5, 0.6) is 0 Å². The quantitative estimate of drug-likeness (QED) is 0.369. The predicted molar refractivity (Wildman–Crippen MR) is 155 cm³/mol. The number of hydrogen-bond acceptors (Lipinski definition) is 4. The number of carbonyl (C=O) groups is 3. The van der Waals surface area contributed by atoms with Crippen molar-refractivity contribution in [1.82, 2.24) is 15.5 Å². The van der Waals surface area contributed by atoms with E-state index in [9.17, 15) is 14.4 Å². The van der Waals surface area contributed by atoms with E-state index in [1.807, 2.05) is 58.0 Å². The Labute approximate surface area is 233 Å². The molecule has 0 saturated heterocycles. The second-order valence-electron chi connectivity index (χ2n) is 11.2. The minimum Gasteiger partial charge on any atom is -0.444 e. The van der Waals surface area contributed by atoms with Crippen LogP contribution in [0.25, 0.3) is 0 Å². The number of ether oxygens (including phenoxy) is 1. The van der Waals surface area contributed by atoms with Gasteiger partial charge in [-0.2, -0.15) is 0 Å². The molecule has 3 atom stereocenters. The Morgan fingerprint density at radius 1 is 1.00 bits per heavy atom. The fourth-order valence-electron chi connectivity index (χ4n) is 4.28. The van der Waals surface area contributed by atoms with Gasteiger partial charge in [0.05, 0.1) is 0 Å². The summed E-state index contributed by atoms with van der Waals surface area (Å²) in [4.78, 5) is 42.5. The highest BCUT2D eigenvalue weighted by molar-refractivity contribution is 5.92. The number of carbonyl (C=O) groups excluding carboxylic acids is 3. The van der Waals surface area contributed by atoms with Gasteiger partial charge in [-0.05, 0) is 63.6 Å². The van der Waals surface area contributed by atoms with Crippen LogP contribution >= 0.6 is 0 Å². The molecule has 0 fully saturated rings. The van der Waals surface area contributed by atoms with E-state index in [-0.39, 0.29) is 23.8 Å². The Morgan fingerprint density at radius 2 is 1.62 bits per heavy atom. The van der Waals surface area contributed by atoms with Gasteiger partial charge in [0.2, 0.25) is 11.8 Å². The molecule has 7 heteroatoms. The molecular weight excluding hydrogens is 490 g/mol. The van der Waals surface area contributed by atoms with Crippen LogP contribution in [0.1, 0.15) is 84.0 Å². The molecule has 2 N–H and O–H groups in total. The third kappa shape index (κ3) is 9.47. The molecule has 0 aromatic heterocycles. The van der Waals surface area contributed by atoms with Gasteiger partial charge in [0, 0.05) is 18.2 Å². The fraction of sp³-hybridized carbons (Fsp3) is 0.469. The Hall–Kier alpha value is -3.79. The average Bonchev–Trinajstić information content (AvgIpc) is 2.88. The number of benzene rings is 2. The van der Waals surface area contributed by atoms with Crippen molar-refractivity contribution >= 4 is 17.9 Å². The van der Waals surface area contributed by atoms with Crippen molar-refractivity contribution in [3.63, 3.8) is 0 Å². The number of alkyl carbamates (subject to hydrolysis) is 1. The smallest absolute Gasteiger partial charge is 0.408 e. The van der Waals surface area contributed by atoms with Crippen molar-refractivity contribution in [2.45, 2.75) is 91.6 Å². The van der Waals surface area contributed by atoms with E-state index in [2.05, 4.69) is 16.6 Å². The van der Waals surface area contributed by atoms with Gasteiger partial charge >= 0.3 is 6.09 Å². The first-order chi connectivity index (χ1) is 18.4. The molecule has 39 heavy (non-hydrogen) atoms. The normalized spacial score (nSPS) is 13.5. The molecule has 7 nitrogen and oxygen atoms in total. The zero-order valence-electron chi connectivity index (χ0n) is 24.3. The minimum atomic E-state index is -1.00. The molecule has 2 rings (SSSR count). The SMILES string of the molecule is C#Cc1ccccc1C(C(=O)NCc1ccccc1)N(C(=O)C(CC(C)C)NC(=O)OC(C)(C)C)C(C)CC. The van der Waals surface area contributed by atoms with Crippen molar-refractivity contribution in [2.24, 2.45) is 5.92 Å². The van der Waals surface area contributed by atoms with Crippen molar-refractivity contribution in [2.75, 3.05) is 0 Å². The molecule has 0 heterocycles. The summed E-state index contributed by atoms with van der Waals surface area (Å²) in [5, 5.41) is 5.77. The molecule has 0 aliphatic rings. The Morgan fingerprint density at radius 3 is 2.18 bits per heavy atom. The molecule has 3 amide bonds. The van der Waals surface area contributed by atoms with Gasteiger partial charge in [-0.25, -0.2) is 4.79 Å². The lowest BCUT2D eigenvalue weighted by Crippen LogP contribution is -2.55. The van der Waals surface area contributed by atoms with Crippen molar-refractivity contribution in [3.05, 3.63) is 71.3 Å². The standard InChI is InChI=1S/C32H43N3O4/c1-9-23(5)35(30(37)27(20-22(3)4)34-31(38)39-32(6,7)8)28(26-19-15-14-18-25(26)10-2)29(36)33-21-24-16-12-11-13-17-24/h2,11-19,22-23,27-28H,9,20-21H2,1,3-8H3,(H,33,36)(H,34,38). The van der Waals surface area contributed by atoms with Crippen LogP contribution in [0, 0.1) is 18.3 Å². The summed E-state index contributed by atoms with van der Waals surface area (Å²) in [6.45, 7) is 13.4. The van der Waals surface area contributed by atoms with E-state index in [0.29, 0.717) is 30.5 Å². The highest BCUT2D eigenvalue weighted by Crippen LogP contribution is 2.29. The van der Waals surface area contributed by atoms with E-state index < -0.39 is 23.8 Å². The summed E-state index contributed by atoms with van der Waals surface area (Å²) in [6.07, 6.45) is 6.11. The van der Waals surface area contributed by atoms with Gasteiger partial charge in [0.1, 0.15) is 17.7 Å². The van der Waals surface area contributed by atoms with Crippen LogP contribution in [0.15, 0.2) is 54.6 Å². The summed E-state index contributed by atoms with van der Waals surface area (Å²) in [7, 11) is 0. The van der Waals surface area contributed by atoms with Crippen LogP contribution in [0.2, 0.25) is 0 Å². The maximum absolute atomic E-state index is 14.3. The molecule has 2 aromatic rings. The molecule has 3 unspecified atom stereocenters. The Balaban J connectivity index is 2.56. The Bertz CT molecular complexity index is 1150. The summed E-state index contributed by atoms with van der Waals surface area (Å²) >= 11 is 0. The van der Waals surface area contributed by atoms with Crippen LogP contribution in [-0.4, -0.2) is 40.5 Å². The highest BCUT2D eigenvalue weighted by atomic mass is 16.6. The molecule has 0 spiro atoms. The van der Waals surface area contributed by atoms with Crippen molar-refractivity contribution in [1.29, 1.82) is 0 Å². The van der Waals surface area contributed by atoms with Gasteiger partial charge in [0.15, 0.2) is 0 Å². The number of hydrogen-bond donors (Lipinski definition) is 2. The van der Waals surface area contributed by atoms with Gasteiger partial charge in [-0.3, -0.25) is 9.59 Å². The maximum atomic E-state index is 14.3. The lowest BCUT2D eigenvalue weighted by molar-refractivity contribution is -0.145. The van der Waals surface area contributed by atoms with Crippen LogP contribution in [0.3, 0.4) is 0 Å². The lowest BCUT2D eigenvalue weighted by Gasteiger charge is -2.39. The molecule has 210 valence electrons. The topological polar surface area (TPSA) is 87.7 Å². The second-order valence-corrected chi connectivity index (χ2v) is 11.2. The number of amides is 3. The summed E-state index contributed by atoms with van der Waals surface area (Å²) in [5.41, 5.74) is 1.29. The lowest BCUT2D eigenvalue weighted by atomic mass is 9.94. The Kier molecular flexibility index (Phi) is 11.6. The molecule has 0 saturated carbocycles. The number of nitrogens with one attached hydrogen (secondary N) is 2. The monoisotopic (exact) mass is 533 g/mol. The largest absolute Gasteiger partial charge is 0.444 e. The van der Waals surface area contributed by atoms with Crippen LogP contribution in [0.4, 0.5) is 4.79 Å². The van der Waals surface area contributed by atoms with E-state index in [1.165, 1.54) is 0 Å². The summed E-state index contributed by atoms with van der Waals surface area (Å²) < 4.78 is 5.46. The van der Waals surface area contributed by atoms with Gasteiger partial charge in [0.25, 0.3) is 0 Å². The number of nitrogens with zero attached hydrogens (tertiary/aromatic N) is 1. The third-order valence-electron chi connectivity index (χ3n) is 6.26. The third-order valence-corrected chi connectivity index (χ3v) is 6.26. The zero-order chi connectivity index (χ0) is 29.2. The van der Waals surface area contributed by atoms with E-state index in [1.54, 1.807) is 49.9 Å². The fourth-order valence-corrected chi connectivity index (χ4v) is 4.28. The van der Waals surface area contributed by atoms with E-state index in [4.69, 9.17) is 11.2 Å². The molecule has 0 aliphatic heterocycles. The van der Waals surface area contributed by atoms with Crippen LogP contribution in [-0.2, 0) is 20.9 Å². The van der Waals surface area contributed by atoms with E-state index >= 15 is 0 Å². The predicted octanol–water partition coefficient (Wildman–Crippen LogP) is 5.59. The number of terminal acetylenes is 1. The van der Waals surface area contributed by atoms with Gasteiger partial charge in [-0.1, -0.05) is 75.2 Å². The first kappa shape index (κ1) is 31.4. The first-order valence-corrected chi connectivity index (χ1v) is 13.6. The van der Waals surface area contributed by atoms with Gasteiger partial charge < -0.3 is 20.3 Å². The average molecular weight is 534 g/mol. The highest BCUT2D eigenvalue weighted by Gasteiger charge is 2.39. The summed E-state index contributed by atoms with van der Waals surface area (Å²) in [6, 6.07) is 14.5. The maximum Gasteiger partial charge on any atom is 0.408 e. The van der Waals surface area contributed by atoms with Crippen molar-refractivity contribution < 1.29 is 19.1 Å². The summed E-state index contributed by atoms with van der Waals surface area (Å²) in [5.74, 6) is 2.04.